The Balaban J connectivity index is 1.88. The van der Waals surface area contributed by atoms with E-state index in [1.165, 1.54) is 11.1 Å². The molecule has 0 spiro atoms. The van der Waals surface area contributed by atoms with Crippen LogP contribution in [-0.4, -0.2) is 28.6 Å². The molecule has 4 heteroatoms. The molecule has 3 aromatic rings. The molecule has 0 bridgehead atoms. The first-order valence-corrected chi connectivity index (χ1v) is 6.90. The summed E-state index contributed by atoms with van der Waals surface area (Å²) in [6, 6.07) is 8.37. The first-order chi connectivity index (χ1) is 9.61. The molecule has 3 heterocycles. The summed E-state index contributed by atoms with van der Waals surface area (Å²) in [7, 11) is 0. The Morgan fingerprint density at radius 3 is 2.65 bits per heavy atom. The number of pyridine rings is 1. The van der Waals surface area contributed by atoms with Gasteiger partial charge in [0.1, 0.15) is 11.8 Å². The number of imidazole rings is 1. The molecule has 0 unspecified atom stereocenters. The van der Waals surface area contributed by atoms with Gasteiger partial charge in [0.05, 0.1) is 24.1 Å². The monoisotopic (exact) mass is 269 g/mol. The zero-order chi connectivity index (χ0) is 13.9. The van der Waals surface area contributed by atoms with Crippen LogP contribution in [0.2, 0.25) is 0 Å². The molecule has 1 fully saturated rings. The molecule has 1 aromatic carbocycles. The molecular weight excluding hydrogens is 253 g/mol. The highest BCUT2D eigenvalue weighted by Gasteiger charge is 2.26. The fourth-order valence-electron chi connectivity index (χ4n) is 2.79. The van der Waals surface area contributed by atoms with Gasteiger partial charge in [-0.05, 0) is 43.2 Å². The van der Waals surface area contributed by atoms with E-state index < -0.39 is 6.17 Å². The number of anilines is 1. The quantitative estimate of drug-likeness (QED) is 0.676. The lowest BCUT2D eigenvalue weighted by molar-refractivity contribution is 0.275. The van der Waals surface area contributed by atoms with Crippen LogP contribution in [0.25, 0.3) is 16.7 Å². The molecule has 102 valence electrons. The number of hydrogen-bond donors (Lipinski definition) is 0. The maximum Gasteiger partial charge on any atom is 0.139 e. The third-order valence-electron chi connectivity index (χ3n) is 4.21. The van der Waals surface area contributed by atoms with Gasteiger partial charge in [0.25, 0.3) is 0 Å². The number of nitrogens with zero attached hydrogens (tertiary/aromatic N) is 3. The van der Waals surface area contributed by atoms with Crippen molar-refractivity contribution in [3.05, 3.63) is 41.6 Å². The fraction of sp³-hybridized carbons (Fsp3) is 0.312. The van der Waals surface area contributed by atoms with Crippen LogP contribution < -0.4 is 4.90 Å². The van der Waals surface area contributed by atoms with Crippen molar-refractivity contribution in [2.75, 3.05) is 18.0 Å². The van der Waals surface area contributed by atoms with Crippen molar-refractivity contribution in [1.29, 1.82) is 0 Å². The van der Waals surface area contributed by atoms with Crippen molar-refractivity contribution in [2.24, 2.45) is 0 Å². The van der Waals surface area contributed by atoms with E-state index in [0.717, 1.165) is 22.4 Å². The Hall–Kier alpha value is -2.10. The Morgan fingerprint density at radius 1 is 1.15 bits per heavy atom. The van der Waals surface area contributed by atoms with Gasteiger partial charge in [0, 0.05) is 18.0 Å². The van der Waals surface area contributed by atoms with Crippen LogP contribution in [0.4, 0.5) is 10.1 Å². The molecule has 20 heavy (non-hydrogen) atoms. The van der Waals surface area contributed by atoms with Gasteiger partial charge in [0.2, 0.25) is 0 Å². The summed E-state index contributed by atoms with van der Waals surface area (Å²) in [6.07, 6.45) is 1.34. The molecule has 1 aliphatic heterocycles. The van der Waals surface area contributed by atoms with Gasteiger partial charge in [0.15, 0.2) is 0 Å². The number of alkyl halides is 1. The van der Waals surface area contributed by atoms with Crippen molar-refractivity contribution in [2.45, 2.75) is 20.0 Å². The fourth-order valence-corrected chi connectivity index (χ4v) is 2.79. The van der Waals surface area contributed by atoms with Gasteiger partial charge in [-0.25, -0.2) is 9.37 Å². The number of aromatic nitrogens is 2. The highest BCUT2D eigenvalue weighted by atomic mass is 19.1. The molecule has 3 nitrogen and oxygen atoms in total. The molecule has 4 rings (SSSR count). The van der Waals surface area contributed by atoms with Crippen LogP contribution in [0.3, 0.4) is 0 Å². The van der Waals surface area contributed by atoms with E-state index in [4.69, 9.17) is 0 Å². The largest absolute Gasteiger partial charge is 0.365 e. The van der Waals surface area contributed by atoms with E-state index in [1.54, 1.807) is 0 Å². The first-order valence-electron chi connectivity index (χ1n) is 6.90. The standard InChI is InChI=1S/C16H16FN3/c1-10-5-14-15(6-11(10)2)20-4-3-13(7-16(20)18-14)19-8-12(17)9-19/h3-7,12H,8-9H2,1-2H3. The molecule has 0 N–H and O–H groups in total. The summed E-state index contributed by atoms with van der Waals surface area (Å²) < 4.78 is 15.1. The second-order valence-corrected chi connectivity index (χ2v) is 5.65. The first kappa shape index (κ1) is 11.7. The molecule has 2 aromatic heterocycles. The topological polar surface area (TPSA) is 20.5 Å². The molecule has 0 aliphatic carbocycles. The molecule has 0 amide bonds. The van der Waals surface area contributed by atoms with Crippen LogP contribution >= 0.6 is 0 Å². The van der Waals surface area contributed by atoms with E-state index in [1.807, 2.05) is 23.2 Å². The molecule has 0 radical (unpaired) electrons. The van der Waals surface area contributed by atoms with Crippen LogP contribution in [0.15, 0.2) is 30.5 Å². The smallest absolute Gasteiger partial charge is 0.139 e. The van der Waals surface area contributed by atoms with Crippen molar-refractivity contribution in [1.82, 2.24) is 9.38 Å². The molecular formula is C16H16FN3. The second kappa shape index (κ2) is 3.95. The van der Waals surface area contributed by atoms with Gasteiger partial charge in [-0.15, -0.1) is 0 Å². The summed E-state index contributed by atoms with van der Waals surface area (Å²) in [5.74, 6) is 0. The predicted octanol–water partition coefficient (Wildman–Crippen LogP) is 3.26. The van der Waals surface area contributed by atoms with Gasteiger partial charge in [-0.2, -0.15) is 0 Å². The van der Waals surface area contributed by atoms with E-state index in [9.17, 15) is 4.39 Å². The number of benzene rings is 1. The summed E-state index contributed by atoms with van der Waals surface area (Å²) in [6.45, 7) is 5.21. The highest BCUT2D eigenvalue weighted by molar-refractivity contribution is 5.83. The van der Waals surface area contributed by atoms with Crippen molar-refractivity contribution < 1.29 is 4.39 Å². The van der Waals surface area contributed by atoms with Gasteiger partial charge in [-0.1, -0.05) is 0 Å². The van der Waals surface area contributed by atoms with E-state index in [2.05, 4.69) is 35.4 Å². The summed E-state index contributed by atoms with van der Waals surface area (Å²) in [4.78, 5) is 6.72. The van der Waals surface area contributed by atoms with E-state index >= 15 is 0 Å². The zero-order valence-corrected chi connectivity index (χ0v) is 11.6. The minimum absolute atomic E-state index is 0.495. The van der Waals surface area contributed by atoms with Crippen molar-refractivity contribution >= 4 is 22.4 Å². The van der Waals surface area contributed by atoms with Gasteiger partial charge < -0.3 is 4.90 Å². The maximum atomic E-state index is 13.0. The van der Waals surface area contributed by atoms with Crippen LogP contribution in [0, 0.1) is 13.8 Å². The molecule has 1 saturated heterocycles. The Labute approximate surface area is 116 Å². The average Bonchev–Trinajstić information content (AvgIpc) is 2.72. The number of halogens is 1. The summed E-state index contributed by atoms with van der Waals surface area (Å²) in [5, 5.41) is 0. The third kappa shape index (κ3) is 1.60. The lowest BCUT2D eigenvalue weighted by atomic mass is 10.1. The summed E-state index contributed by atoms with van der Waals surface area (Å²) in [5.41, 5.74) is 6.63. The third-order valence-corrected chi connectivity index (χ3v) is 4.21. The lowest BCUT2D eigenvalue weighted by Crippen LogP contribution is -2.48. The second-order valence-electron chi connectivity index (χ2n) is 5.65. The summed E-state index contributed by atoms with van der Waals surface area (Å²) >= 11 is 0. The number of fused-ring (bicyclic) bond motifs is 3. The molecule has 0 saturated carbocycles. The zero-order valence-electron chi connectivity index (χ0n) is 11.6. The number of aryl methyl sites for hydroxylation is 2. The van der Waals surface area contributed by atoms with E-state index in [0.29, 0.717) is 13.1 Å². The van der Waals surface area contributed by atoms with Gasteiger partial charge in [-0.3, -0.25) is 4.40 Å². The molecule has 1 aliphatic rings. The minimum Gasteiger partial charge on any atom is -0.365 e. The molecule has 0 atom stereocenters. The normalized spacial score (nSPS) is 16.1. The van der Waals surface area contributed by atoms with Crippen LogP contribution in [0.5, 0.6) is 0 Å². The Morgan fingerprint density at radius 2 is 1.90 bits per heavy atom. The lowest BCUT2D eigenvalue weighted by Gasteiger charge is -2.36. The minimum atomic E-state index is -0.685. The number of rotatable bonds is 1. The number of hydrogen-bond acceptors (Lipinski definition) is 2. The van der Waals surface area contributed by atoms with Crippen molar-refractivity contribution in [3.8, 4) is 0 Å². The maximum absolute atomic E-state index is 13.0. The van der Waals surface area contributed by atoms with Gasteiger partial charge >= 0.3 is 0 Å². The average molecular weight is 269 g/mol. The van der Waals surface area contributed by atoms with E-state index in [-0.39, 0.29) is 0 Å². The predicted molar refractivity (Wildman–Crippen MR) is 79.3 cm³/mol. The highest BCUT2D eigenvalue weighted by Crippen LogP contribution is 2.26. The van der Waals surface area contributed by atoms with Crippen molar-refractivity contribution in [3.63, 3.8) is 0 Å². The Bertz CT molecular complexity index is 815. The SMILES string of the molecule is Cc1cc2nc3cc(N4CC(F)C4)ccn3c2cc1C. The Kier molecular flexibility index (Phi) is 2.31. The van der Waals surface area contributed by atoms with Crippen LogP contribution in [-0.2, 0) is 0 Å². The van der Waals surface area contributed by atoms with Crippen LogP contribution in [0.1, 0.15) is 11.1 Å².